The van der Waals surface area contributed by atoms with Gasteiger partial charge in [0.25, 0.3) is 5.91 Å². The number of halogens is 1. The minimum absolute atomic E-state index is 0.0657. The molecule has 2 aromatic carbocycles. The summed E-state index contributed by atoms with van der Waals surface area (Å²) in [5.41, 5.74) is 2.56. The van der Waals surface area contributed by atoms with Crippen molar-refractivity contribution in [1.82, 2.24) is 5.32 Å². The van der Waals surface area contributed by atoms with E-state index in [2.05, 4.69) is 10.2 Å². The summed E-state index contributed by atoms with van der Waals surface area (Å²) in [6, 6.07) is 14.0. The highest BCUT2D eigenvalue weighted by molar-refractivity contribution is 6.01. The highest BCUT2D eigenvalue weighted by Gasteiger charge is 2.31. The number of fused-ring (bicyclic) bond motifs is 1. The quantitative estimate of drug-likeness (QED) is 0.886. The van der Waals surface area contributed by atoms with Crippen molar-refractivity contribution in [1.29, 1.82) is 0 Å². The van der Waals surface area contributed by atoms with Gasteiger partial charge in [-0.05, 0) is 29.8 Å². The van der Waals surface area contributed by atoms with Crippen LogP contribution in [-0.4, -0.2) is 19.2 Å². The summed E-state index contributed by atoms with van der Waals surface area (Å²) in [5, 5.41) is 4.90. The van der Waals surface area contributed by atoms with E-state index in [1.54, 1.807) is 12.1 Å². The Labute approximate surface area is 122 Å². The number of hydrogen-bond acceptors (Lipinski definition) is 2. The van der Waals surface area contributed by atoms with E-state index in [9.17, 15) is 9.18 Å². The number of nitrogens with two attached hydrogens (primary N) is 1. The van der Waals surface area contributed by atoms with Crippen molar-refractivity contribution < 1.29 is 14.5 Å². The zero-order valence-electron chi connectivity index (χ0n) is 11.7. The van der Waals surface area contributed by atoms with E-state index >= 15 is 0 Å². The summed E-state index contributed by atoms with van der Waals surface area (Å²) < 4.78 is 13.0. The third kappa shape index (κ3) is 2.60. The smallest absolute Gasteiger partial charge is 0.259 e. The Balaban J connectivity index is 1.96. The number of nitrogens with one attached hydrogen (secondary N) is 1. The van der Waals surface area contributed by atoms with Gasteiger partial charge in [-0.25, -0.2) is 4.39 Å². The van der Waals surface area contributed by atoms with Crippen LogP contribution in [-0.2, 0) is 6.54 Å². The Morgan fingerprint density at radius 3 is 2.62 bits per heavy atom. The maximum Gasteiger partial charge on any atom is 0.259 e. The van der Waals surface area contributed by atoms with E-state index < -0.39 is 0 Å². The molecule has 0 radical (unpaired) electrons. The highest BCUT2D eigenvalue weighted by atomic mass is 19.1. The van der Waals surface area contributed by atoms with Gasteiger partial charge in [0.1, 0.15) is 5.82 Å². The third-order valence-corrected chi connectivity index (χ3v) is 3.65. The molecule has 3 N–H and O–H groups in total. The van der Waals surface area contributed by atoms with Crippen molar-refractivity contribution in [2.75, 3.05) is 11.9 Å². The zero-order valence-corrected chi connectivity index (χ0v) is 11.7. The van der Waals surface area contributed by atoms with E-state index in [4.69, 9.17) is 0 Å². The zero-order chi connectivity index (χ0) is 14.8. The summed E-state index contributed by atoms with van der Waals surface area (Å²) in [4.78, 5) is 14.2. The molecule has 0 saturated carbocycles. The maximum atomic E-state index is 13.0. The van der Waals surface area contributed by atoms with Crippen LogP contribution in [0, 0.1) is 5.82 Å². The molecule has 0 spiro atoms. The van der Waals surface area contributed by atoms with Crippen molar-refractivity contribution >= 4 is 11.6 Å². The first-order valence-electron chi connectivity index (χ1n) is 6.89. The number of anilines is 1. The number of hydrogen-bond donors (Lipinski definition) is 2. The van der Waals surface area contributed by atoms with Gasteiger partial charge >= 0.3 is 0 Å². The molecular formula is C16H17FN3O+. The van der Waals surface area contributed by atoms with E-state index in [-0.39, 0.29) is 18.0 Å². The molecule has 5 heteroatoms. The molecule has 21 heavy (non-hydrogen) atoms. The molecule has 0 unspecified atom stereocenters. The minimum Gasteiger partial charge on any atom is -0.311 e. The van der Waals surface area contributed by atoms with E-state index in [1.165, 1.54) is 12.1 Å². The number of nitrogens with zero attached hydrogens (tertiary/aromatic N) is 1. The molecule has 1 aliphatic heterocycles. The van der Waals surface area contributed by atoms with Crippen molar-refractivity contribution in [2.24, 2.45) is 0 Å². The van der Waals surface area contributed by atoms with E-state index in [0.29, 0.717) is 12.1 Å². The predicted octanol–water partition coefficient (Wildman–Crippen LogP) is 1.05. The van der Waals surface area contributed by atoms with Crippen molar-refractivity contribution in [3.63, 3.8) is 0 Å². The van der Waals surface area contributed by atoms with Gasteiger partial charge in [-0.1, -0.05) is 24.3 Å². The van der Waals surface area contributed by atoms with Crippen molar-refractivity contribution in [3.8, 4) is 0 Å². The van der Waals surface area contributed by atoms with Gasteiger partial charge in [0.2, 0.25) is 6.29 Å². The second-order valence-electron chi connectivity index (χ2n) is 5.02. The molecular weight excluding hydrogens is 269 g/mol. The van der Waals surface area contributed by atoms with Crippen LogP contribution >= 0.6 is 0 Å². The number of carbonyl (C=O) groups excluding carboxylic acids is 1. The van der Waals surface area contributed by atoms with Gasteiger partial charge in [0.05, 0.1) is 24.8 Å². The summed E-state index contributed by atoms with van der Waals surface area (Å²) in [6.45, 7) is 0.604. The molecule has 1 heterocycles. The molecule has 3 rings (SSSR count). The molecule has 0 aromatic heterocycles. The van der Waals surface area contributed by atoms with Crippen LogP contribution in [0.5, 0.6) is 0 Å². The fraction of sp³-hybridized carbons (Fsp3) is 0.188. The molecule has 0 aliphatic carbocycles. The lowest BCUT2D eigenvalue weighted by Crippen LogP contribution is -2.95. The van der Waals surface area contributed by atoms with Crippen LogP contribution in [0.3, 0.4) is 0 Å². The number of carbonyl (C=O) groups is 1. The second-order valence-corrected chi connectivity index (χ2v) is 5.02. The topological polar surface area (TPSA) is 49.0 Å². The van der Waals surface area contributed by atoms with E-state index in [1.807, 2.05) is 36.6 Å². The van der Waals surface area contributed by atoms with Gasteiger partial charge in [-0.3, -0.25) is 15.0 Å². The molecule has 108 valence electrons. The van der Waals surface area contributed by atoms with Crippen LogP contribution < -0.4 is 15.5 Å². The Morgan fingerprint density at radius 1 is 1.19 bits per heavy atom. The molecule has 0 fully saturated rings. The Morgan fingerprint density at radius 2 is 1.90 bits per heavy atom. The SMILES string of the molecule is C[NH2+][C@@H]1NC(=O)c2ccccc2N1Cc1ccc(F)cc1. The summed E-state index contributed by atoms with van der Waals surface area (Å²) >= 11 is 0. The average molecular weight is 286 g/mol. The number of amides is 1. The van der Waals surface area contributed by atoms with Gasteiger partial charge in [-0.15, -0.1) is 0 Å². The van der Waals surface area contributed by atoms with Crippen LogP contribution in [0.1, 0.15) is 15.9 Å². The molecule has 1 atom stereocenters. The molecule has 4 nitrogen and oxygen atoms in total. The third-order valence-electron chi connectivity index (χ3n) is 3.65. The van der Waals surface area contributed by atoms with Gasteiger partial charge < -0.3 is 5.32 Å². The molecule has 0 saturated heterocycles. The molecule has 2 aromatic rings. The molecule has 1 amide bonds. The Hall–Kier alpha value is -2.40. The fourth-order valence-corrected chi connectivity index (χ4v) is 2.59. The molecule has 0 bridgehead atoms. The second kappa shape index (κ2) is 5.54. The van der Waals surface area contributed by atoms with Crippen LogP contribution in [0.2, 0.25) is 0 Å². The Kier molecular flexibility index (Phi) is 3.58. The summed E-state index contributed by atoms with van der Waals surface area (Å²) in [7, 11) is 1.91. The fourth-order valence-electron chi connectivity index (χ4n) is 2.59. The summed E-state index contributed by atoms with van der Waals surface area (Å²) in [5.74, 6) is -0.311. The number of benzene rings is 2. The first-order chi connectivity index (χ1) is 10.2. The predicted molar refractivity (Wildman–Crippen MR) is 78.1 cm³/mol. The van der Waals surface area contributed by atoms with Crippen molar-refractivity contribution in [3.05, 3.63) is 65.5 Å². The summed E-state index contributed by atoms with van der Waals surface area (Å²) in [6.07, 6.45) is -0.169. The average Bonchev–Trinajstić information content (AvgIpc) is 2.52. The van der Waals surface area contributed by atoms with Crippen LogP contribution in [0.25, 0.3) is 0 Å². The van der Waals surface area contributed by atoms with Gasteiger partial charge in [0.15, 0.2) is 0 Å². The van der Waals surface area contributed by atoms with Crippen LogP contribution in [0.15, 0.2) is 48.5 Å². The lowest BCUT2D eigenvalue weighted by Gasteiger charge is -2.36. The normalized spacial score (nSPS) is 17.3. The van der Waals surface area contributed by atoms with Crippen LogP contribution in [0.4, 0.5) is 10.1 Å². The largest absolute Gasteiger partial charge is 0.311 e. The van der Waals surface area contributed by atoms with Gasteiger partial charge in [0, 0.05) is 0 Å². The minimum atomic E-state index is -0.246. The van der Waals surface area contributed by atoms with E-state index in [0.717, 1.165) is 11.3 Å². The first-order valence-corrected chi connectivity index (χ1v) is 6.89. The lowest BCUT2D eigenvalue weighted by molar-refractivity contribution is -0.666. The first kappa shape index (κ1) is 13.6. The number of para-hydroxylation sites is 1. The standard InChI is InChI=1S/C16H16FN3O/c1-18-16-19-15(21)13-4-2-3-5-14(13)20(16)10-11-6-8-12(17)9-7-11/h2-9,16,18H,10H2,1H3,(H,19,21)/p+1/t16-/m1/s1. The monoisotopic (exact) mass is 286 g/mol. The van der Waals surface area contributed by atoms with Crippen molar-refractivity contribution in [2.45, 2.75) is 12.8 Å². The Bertz CT molecular complexity index is 657. The molecule has 1 aliphatic rings. The maximum absolute atomic E-state index is 13.0. The number of quaternary nitrogens is 1. The highest BCUT2D eigenvalue weighted by Crippen LogP contribution is 2.26. The lowest BCUT2D eigenvalue weighted by atomic mass is 10.1. The number of rotatable bonds is 3. The van der Waals surface area contributed by atoms with Gasteiger partial charge in [-0.2, -0.15) is 0 Å².